The molecule has 1 aromatic heterocycles. The normalized spacial score (nSPS) is 16.9. The van der Waals surface area contributed by atoms with E-state index >= 15 is 0 Å². The van der Waals surface area contributed by atoms with E-state index in [1.54, 1.807) is 17.5 Å². The number of ketones is 1. The standard InChI is InChI=1S/C22H25NO5S/c1-14(2)15-5-7-16(8-6-15)19-18(20(25)17-4-3-13-29-17)21(26)22(27)23(19)9-11-28-12-10-24/h3-8,13-14,19,24,26H,9-12H2,1-2H3. The van der Waals surface area contributed by atoms with Gasteiger partial charge in [0.25, 0.3) is 5.91 Å². The molecule has 1 aliphatic rings. The van der Waals surface area contributed by atoms with Crippen molar-refractivity contribution in [2.75, 3.05) is 26.4 Å². The molecule has 1 aliphatic heterocycles. The summed E-state index contributed by atoms with van der Waals surface area (Å²) in [6.07, 6.45) is 0. The summed E-state index contributed by atoms with van der Waals surface area (Å²) in [4.78, 5) is 27.8. The number of ether oxygens (including phenoxy) is 1. The molecule has 1 aromatic carbocycles. The number of benzene rings is 1. The lowest BCUT2D eigenvalue weighted by Crippen LogP contribution is -2.34. The second-order valence-corrected chi connectivity index (χ2v) is 8.07. The van der Waals surface area contributed by atoms with Crippen molar-refractivity contribution in [1.29, 1.82) is 0 Å². The van der Waals surface area contributed by atoms with Gasteiger partial charge >= 0.3 is 0 Å². The van der Waals surface area contributed by atoms with E-state index in [1.165, 1.54) is 16.2 Å². The fraction of sp³-hybridized carbons (Fsp3) is 0.364. The summed E-state index contributed by atoms with van der Waals surface area (Å²) >= 11 is 1.27. The van der Waals surface area contributed by atoms with Crippen LogP contribution in [0.5, 0.6) is 0 Å². The van der Waals surface area contributed by atoms with Crippen LogP contribution in [-0.2, 0) is 9.53 Å². The third-order valence-corrected chi connectivity index (χ3v) is 5.79. The first-order valence-corrected chi connectivity index (χ1v) is 10.4. The highest BCUT2D eigenvalue weighted by atomic mass is 32.1. The van der Waals surface area contributed by atoms with Crippen LogP contribution in [0.25, 0.3) is 0 Å². The third kappa shape index (κ3) is 4.42. The lowest BCUT2D eigenvalue weighted by molar-refractivity contribution is -0.130. The monoisotopic (exact) mass is 415 g/mol. The lowest BCUT2D eigenvalue weighted by atomic mass is 9.93. The Hall–Kier alpha value is -2.48. The Morgan fingerprint density at radius 1 is 1.21 bits per heavy atom. The zero-order valence-corrected chi connectivity index (χ0v) is 17.3. The van der Waals surface area contributed by atoms with Crippen molar-refractivity contribution < 1.29 is 24.5 Å². The van der Waals surface area contributed by atoms with Gasteiger partial charge in [0.1, 0.15) is 0 Å². The van der Waals surface area contributed by atoms with E-state index in [4.69, 9.17) is 9.84 Å². The Bertz CT molecular complexity index is 886. The molecule has 1 atom stereocenters. The number of amides is 1. The molecular weight excluding hydrogens is 390 g/mol. The SMILES string of the molecule is CC(C)c1ccc(C2C(C(=O)c3cccs3)=C(O)C(=O)N2CCOCCO)cc1. The van der Waals surface area contributed by atoms with Gasteiger partial charge in [-0.1, -0.05) is 44.2 Å². The molecule has 7 heteroatoms. The molecule has 0 bridgehead atoms. The van der Waals surface area contributed by atoms with Crippen LogP contribution < -0.4 is 0 Å². The molecule has 0 spiro atoms. The summed E-state index contributed by atoms with van der Waals surface area (Å²) in [5.74, 6) is -1.09. The Morgan fingerprint density at radius 2 is 1.93 bits per heavy atom. The van der Waals surface area contributed by atoms with Crippen LogP contribution >= 0.6 is 11.3 Å². The molecule has 1 amide bonds. The van der Waals surface area contributed by atoms with Crippen LogP contribution in [0.15, 0.2) is 53.1 Å². The van der Waals surface area contributed by atoms with E-state index in [9.17, 15) is 14.7 Å². The summed E-state index contributed by atoms with van der Waals surface area (Å²) in [6, 6.07) is 10.5. The van der Waals surface area contributed by atoms with Gasteiger partial charge in [0.15, 0.2) is 5.76 Å². The number of Topliss-reactive ketones (excluding diaryl/α,β-unsaturated/α-hetero) is 1. The number of carbonyl (C=O) groups is 2. The molecular formula is C22H25NO5S. The Labute approximate surface area is 174 Å². The number of hydrogen-bond acceptors (Lipinski definition) is 6. The van der Waals surface area contributed by atoms with Crippen LogP contribution in [0.4, 0.5) is 0 Å². The van der Waals surface area contributed by atoms with Crippen LogP contribution in [0.2, 0.25) is 0 Å². The molecule has 3 rings (SSSR count). The first kappa shape index (κ1) is 21.2. The van der Waals surface area contributed by atoms with E-state index in [2.05, 4.69) is 13.8 Å². The summed E-state index contributed by atoms with van der Waals surface area (Å²) in [5, 5.41) is 21.2. The zero-order valence-electron chi connectivity index (χ0n) is 16.5. The molecule has 29 heavy (non-hydrogen) atoms. The van der Waals surface area contributed by atoms with Crippen LogP contribution in [0.1, 0.15) is 46.6 Å². The maximum absolute atomic E-state index is 13.1. The predicted octanol–water partition coefficient (Wildman–Crippen LogP) is 3.46. The fourth-order valence-electron chi connectivity index (χ4n) is 3.40. The molecule has 0 radical (unpaired) electrons. The smallest absolute Gasteiger partial charge is 0.290 e. The van der Waals surface area contributed by atoms with Crippen molar-refractivity contribution in [3.63, 3.8) is 0 Å². The number of thiophene rings is 1. The number of rotatable bonds is 9. The van der Waals surface area contributed by atoms with Crippen molar-refractivity contribution >= 4 is 23.0 Å². The topological polar surface area (TPSA) is 87.1 Å². The summed E-state index contributed by atoms with van der Waals surface area (Å²) in [7, 11) is 0. The van der Waals surface area contributed by atoms with Gasteiger partial charge in [-0.25, -0.2) is 0 Å². The lowest BCUT2D eigenvalue weighted by Gasteiger charge is -2.27. The maximum atomic E-state index is 13.1. The van der Waals surface area contributed by atoms with E-state index in [0.29, 0.717) is 10.8 Å². The summed E-state index contributed by atoms with van der Waals surface area (Å²) < 4.78 is 5.30. The van der Waals surface area contributed by atoms with E-state index < -0.39 is 17.7 Å². The highest BCUT2D eigenvalue weighted by Crippen LogP contribution is 2.39. The molecule has 6 nitrogen and oxygen atoms in total. The molecule has 0 saturated heterocycles. The number of carbonyl (C=O) groups excluding carboxylic acids is 2. The highest BCUT2D eigenvalue weighted by molar-refractivity contribution is 7.12. The predicted molar refractivity (Wildman–Crippen MR) is 111 cm³/mol. The van der Waals surface area contributed by atoms with Gasteiger partial charge in [0.2, 0.25) is 5.78 Å². The Balaban J connectivity index is 1.97. The molecule has 0 saturated carbocycles. The van der Waals surface area contributed by atoms with Crippen molar-refractivity contribution in [3.8, 4) is 0 Å². The second kappa shape index (κ2) is 9.35. The zero-order chi connectivity index (χ0) is 21.0. The highest BCUT2D eigenvalue weighted by Gasteiger charge is 2.43. The quantitative estimate of drug-likeness (QED) is 0.484. The van der Waals surface area contributed by atoms with E-state index in [1.807, 2.05) is 24.3 Å². The van der Waals surface area contributed by atoms with Gasteiger partial charge in [0, 0.05) is 6.54 Å². The maximum Gasteiger partial charge on any atom is 0.290 e. The van der Waals surface area contributed by atoms with Crippen LogP contribution in [0, 0.1) is 0 Å². The largest absolute Gasteiger partial charge is 0.503 e. The molecule has 154 valence electrons. The molecule has 1 unspecified atom stereocenters. The minimum Gasteiger partial charge on any atom is -0.503 e. The van der Waals surface area contributed by atoms with Crippen molar-refractivity contribution in [1.82, 2.24) is 4.90 Å². The summed E-state index contributed by atoms with van der Waals surface area (Å²) in [5.41, 5.74) is 2.00. The van der Waals surface area contributed by atoms with Gasteiger partial charge in [-0.15, -0.1) is 11.3 Å². The first-order chi connectivity index (χ1) is 14.0. The minimum absolute atomic E-state index is 0.0944. The average molecular weight is 416 g/mol. The molecule has 2 heterocycles. The van der Waals surface area contributed by atoms with Gasteiger partial charge in [-0.2, -0.15) is 0 Å². The van der Waals surface area contributed by atoms with Crippen molar-refractivity contribution in [2.24, 2.45) is 0 Å². The molecule has 0 aliphatic carbocycles. The van der Waals surface area contributed by atoms with Gasteiger partial charge < -0.3 is 19.8 Å². The van der Waals surface area contributed by atoms with Gasteiger partial charge in [-0.05, 0) is 28.5 Å². The summed E-state index contributed by atoms with van der Waals surface area (Å²) in [6.45, 7) is 4.63. The van der Waals surface area contributed by atoms with Crippen molar-refractivity contribution in [3.05, 3.63) is 69.1 Å². The van der Waals surface area contributed by atoms with Crippen molar-refractivity contribution in [2.45, 2.75) is 25.8 Å². The molecule has 0 fully saturated rings. The number of aliphatic hydroxyl groups excluding tert-OH is 2. The van der Waals surface area contributed by atoms with Crippen LogP contribution in [-0.4, -0.2) is 53.2 Å². The Morgan fingerprint density at radius 3 is 2.52 bits per heavy atom. The minimum atomic E-state index is -0.684. The fourth-order valence-corrected chi connectivity index (χ4v) is 4.07. The molecule has 2 N–H and O–H groups in total. The van der Waals surface area contributed by atoms with E-state index in [0.717, 1.165) is 11.1 Å². The number of aliphatic hydroxyl groups is 2. The van der Waals surface area contributed by atoms with Gasteiger partial charge in [-0.3, -0.25) is 9.59 Å². The second-order valence-electron chi connectivity index (χ2n) is 7.13. The van der Waals surface area contributed by atoms with Crippen LogP contribution in [0.3, 0.4) is 0 Å². The molecule has 2 aromatic rings. The number of nitrogens with zero attached hydrogens (tertiary/aromatic N) is 1. The number of hydrogen-bond donors (Lipinski definition) is 2. The van der Waals surface area contributed by atoms with E-state index in [-0.39, 0.29) is 37.7 Å². The van der Waals surface area contributed by atoms with Gasteiger partial charge in [0.05, 0.1) is 36.3 Å². The third-order valence-electron chi connectivity index (χ3n) is 4.92. The Kier molecular flexibility index (Phi) is 6.84. The average Bonchev–Trinajstić information content (AvgIpc) is 3.33. The first-order valence-electron chi connectivity index (χ1n) is 9.56.